The summed E-state index contributed by atoms with van der Waals surface area (Å²) in [6.07, 6.45) is 0. The van der Waals surface area contributed by atoms with Gasteiger partial charge in [-0.25, -0.2) is 0 Å². The van der Waals surface area contributed by atoms with Gasteiger partial charge in [0.2, 0.25) is 5.79 Å². The van der Waals surface area contributed by atoms with Crippen LogP contribution in [0.3, 0.4) is 0 Å². The van der Waals surface area contributed by atoms with Crippen LogP contribution in [0.5, 0.6) is 0 Å². The van der Waals surface area contributed by atoms with E-state index in [-0.39, 0.29) is 0 Å². The molecule has 3 heteroatoms. The molecule has 1 aliphatic rings. The quantitative estimate of drug-likeness (QED) is 0.917. The molecule has 0 spiro atoms. The fraction of sp³-hybridized carbons (Fsp3) is 0.250. The summed E-state index contributed by atoms with van der Waals surface area (Å²) in [7, 11) is 1.64. The Morgan fingerprint density at radius 2 is 1.79 bits per heavy atom. The van der Waals surface area contributed by atoms with E-state index in [0.717, 1.165) is 22.3 Å². The molecule has 1 unspecified atom stereocenters. The Labute approximate surface area is 112 Å². The van der Waals surface area contributed by atoms with Gasteiger partial charge >= 0.3 is 0 Å². The van der Waals surface area contributed by atoms with Crippen molar-refractivity contribution in [3.8, 4) is 0 Å². The lowest BCUT2D eigenvalue weighted by molar-refractivity contribution is -0.171. The lowest BCUT2D eigenvalue weighted by atomic mass is 9.92. The Kier molecular flexibility index (Phi) is 3.11. The van der Waals surface area contributed by atoms with Crippen molar-refractivity contribution in [1.82, 2.24) is 0 Å². The Morgan fingerprint density at radius 3 is 2.58 bits per heavy atom. The molecular formula is C16H16O3. The van der Waals surface area contributed by atoms with E-state index in [4.69, 9.17) is 9.47 Å². The van der Waals surface area contributed by atoms with E-state index in [9.17, 15) is 5.11 Å². The Balaban J connectivity index is 2.12. The van der Waals surface area contributed by atoms with E-state index < -0.39 is 5.79 Å². The van der Waals surface area contributed by atoms with Crippen LogP contribution in [0.1, 0.15) is 22.3 Å². The predicted octanol–water partition coefficient (Wildman–Crippen LogP) is 2.56. The summed E-state index contributed by atoms with van der Waals surface area (Å²) in [5.41, 5.74) is 3.53. The fourth-order valence-corrected chi connectivity index (χ4v) is 2.59. The van der Waals surface area contributed by atoms with Crippen LogP contribution in [-0.2, 0) is 28.5 Å². The first-order valence-corrected chi connectivity index (χ1v) is 6.28. The molecular weight excluding hydrogens is 240 g/mol. The fourth-order valence-electron chi connectivity index (χ4n) is 2.59. The molecule has 0 aromatic heterocycles. The van der Waals surface area contributed by atoms with Gasteiger partial charge in [-0.05, 0) is 11.1 Å². The number of hydrogen-bond acceptors (Lipinski definition) is 3. The SMILES string of the molecule is COCc1ccccc1C1(O)OCc2ccccc21. The highest BCUT2D eigenvalue weighted by molar-refractivity contribution is 5.44. The summed E-state index contributed by atoms with van der Waals surface area (Å²) in [6, 6.07) is 15.4. The molecule has 1 heterocycles. The smallest absolute Gasteiger partial charge is 0.220 e. The van der Waals surface area contributed by atoms with E-state index in [1.165, 1.54) is 0 Å². The van der Waals surface area contributed by atoms with Gasteiger partial charge in [0.15, 0.2) is 0 Å². The van der Waals surface area contributed by atoms with Crippen molar-refractivity contribution < 1.29 is 14.6 Å². The van der Waals surface area contributed by atoms with Gasteiger partial charge in [0.1, 0.15) is 0 Å². The summed E-state index contributed by atoms with van der Waals surface area (Å²) in [4.78, 5) is 0. The third-order valence-electron chi connectivity index (χ3n) is 3.50. The van der Waals surface area contributed by atoms with Crippen LogP contribution in [0.2, 0.25) is 0 Å². The van der Waals surface area contributed by atoms with Gasteiger partial charge in [0, 0.05) is 18.2 Å². The molecule has 0 radical (unpaired) electrons. The van der Waals surface area contributed by atoms with Crippen LogP contribution in [0.25, 0.3) is 0 Å². The zero-order valence-corrected chi connectivity index (χ0v) is 10.8. The molecule has 0 bridgehead atoms. The average molecular weight is 256 g/mol. The number of ether oxygens (including phenoxy) is 2. The Bertz CT molecular complexity index is 594. The molecule has 19 heavy (non-hydrogen) atoms. The van der Waals surface area contributed by atoms with Gasteiger partial charge in [0.05, 0.1) is 13.2 Å². The number of methoxy groups -OCH3 is 1. The highest BCUT2D eigenvalue weighted by Gasteiger charge is 2.40. The van der Waals surface area contributed by atoms with Crippen molar-refractivity contribution in [3.63, 3.8) is 0 Å². The maximum Gasteiger partial charge on any atom is 0.220 e. The molecule has 1 N–H and O–H groups in total. The zero-order valence-electron chi connectivity index (χ0n) is 10.8. The number of hydrogen-bond donors (Lipinski definition) is 1. The standard InChI is InChI=1S/C16H16O3/c1-18-10-12-6-2-4-8-14(12)16(17)15-9-5-3-7-13(15)11-19-16/h2-9,17H,10-11H2,1H3. The maximum absolute atomic E-state index is 10.9. The third kappa shape index (κ3) is 1.96. The molecule has 2 aromatic rings. The topological polar surface area (TPSA) is 38.7 Å². The number of fused-ring (bicyclic) bond motifs is 1. The average Bonchev–Trinajstić information content (AvgIpc) is 2.79. The lowest BCUT2D eigenvalue weighted by Crippen LogP contribution is -2.27. The van der Waals surface area contributed by atoms with E-state index in [2.05, 4.69) is 0 Å². The first kappa shape index (κ1) is 12.4. The second kappa shape index (κ2) is 4.78. The summed E-state index contributed by atoms with van der Waals surface area (Å²) < 4.78 is 10.9. The minimum Gasteiger partial charge on any atom is -0.380 e. The molecule has 0 amide bonds. The van der Waals surface area contributed by atoms with Crippen molar-refractivity contribution >= 4 is 0 Å². The summed E-state index contributed by atoms with van der Waals surface area (Å²) in [5.74, 6) is -1.37. The summed E-state index contributed by atoms with van der Waals surface area (Å²) in [6.45, 7) is 0.873. The zero-order chi connectivity index (χ0) is 13.3. The molecule has 0 saturated carbocycles. The van der Waals surface area contributed by atoms with E-state index >= 15 is 0 Å². The summed E-state index contributed by atoms with van der Waals surface area (Å²) >= 11 is 0. The van der Waals surface area contributed by atoms with Crippen LogP contribution < -0.4 is 0 Å². The van der Waals surface area contributed by atoms with Gasteiger partial charge < -0.3 is 14.6 Å². The Morgan fingerprint density at radius 1 is 1.11 bits per heavy atom. The first-order chi connectivity index (χ1) is 9.25. The second-order valence-corrected chi connectivity index (χ2v) is 4.68. The molecule has 3 nitrogen and oxygen atoms in total. The monoisotopic (exact) mass is 256 g/mol. The van der Waals surface area contributed by atoms with E-state index in [0.29, 0.717) is 13.2 Å². The normalized spacial score (nSPS) is 21.4. The predicted molar refractivity (Wildman–Crippen MR) is 71.4 cm³/mol. The van der Waals surface area contributed by atoms with Gasteiger partial charge in [0.25, 0.3) is 0 Å². The largest absolute Gasteiger partial charge is 0.380 e. The second-order valence-electron chi connectivity index (χ2n) is 4.68. The van der Waals surface area contributed by atoms with Gasteiger partial charge in [-0.15, -0.1) is 0 Å². The lowest BCUT2D eigenvalue weighted by Gasteiger charge is -2.26. The van der Waals surface area contributed by atoms with Crippen LogP contribution in [0.4, 0.5) is 0 Å². The van der Waals surface area contributed by atoms with Gasteiger partial charge in [-0.2, -0.15) is 0 Å². The van der Waals surface area contributed by atoms with Crippen LogP contribution in [-0.4, -0.2) is 12.2 Å². The Hall–Kier alpha value is -1.68. The molecule has 0 aliphatic carbocycles. The molecule has 1 atom stereocenters. The molecule has 1 aliphatic heterocycles. The van der Waals surface area contributed by atoms with Crippen molar-refractivity contribution in [2.24, 2.45) is 0 Å². The first-order valence-electron chi connectivity index (χ1n) is 6.28. The third-order valence-corrected chi connectivity index (χ3v) is 3.50. The highest BCUT2D eigenvalue weighted by Crippen LogP contribution is 2.40. The minimum absolute atomic E-state index is 0.425. The van der Waals surface area contributed by atoms with Crippen molar-refractivity contribution in [2.45, 2.75) is 19.0 Å². The molecule has 3 rings (SSSR count). The van der Waals surface area contributed by atoms with Crippen LogP contribution in [0, 0.1) is 0 Å². The van der Waals surface area contributed by atoms with Gasteiger partial charge in [-0.1, -0.05) is 48.5 Å². The molecule has 0 fully saturated rings. The molecule has 98 valence electrons. The molecule has 2 aromatic carbocycles. The summed E-state index contributed by atoms with van der Waals surface area (Å²) in [5, 5.41) is 10.9. The van der Waals surface area contributed by atoms with Crippen molar-refractivity contribution in [1.29, 1.82) is 0 Å². The maximum atomic E-state index is 10.9. The highest BCUT2D eigenvalue weighted by atomic mass is 16.6. The molecule has 0 saturated heterocycles. The van der Waals surface area contributed by atoms with Crippen molar-refractivity contribution in [3.05, 3.63) is 70.8 Å². The van der Waals surface area contributed by atoms with E-state index in [1.54, 1.807) is 7.11 Å². The van der Waals surface area contributed by atoms with E-state index in [1.807, 2.05) is 48.5 Å². The number of benzene rings is 2. The van der Waals surface area contributed by atoms with Gasteiger partial charge in [-0.3, -0.25) is 0 Å². The van der Waals surface area contributed by atoms with Crippen LogP contribution in [0.15, 0.2) is 48.5 Å². The van der Waals surface area contributed by atoms with Crippen LogP contribution >= 0.6 is 0 Å². The number of aliphatic hydroxyl groups is 1. The number of rotatable bonds is 3. The minimum atomic E-state index is -1.37. The van der Waals surface area contributed by atoms with Crippen molar-refractivity contribution in [2.75, 3.05) is 7.11 Å².